The van der Waals surface area contributed by atoms with E-state index in [2.05, 4.69) is 30.6 Å². The molecule has 12 heteroatoms. The maximum Gasteiger partial charge on any atom is 0.276 e. The number of nitrogens with one attached hydrogen (secondary N) is 2. The molecule has 0 atom stereocenters. The van der Waals surface area contributed by atoms with E-state index in [-0.39, 0.29) is 29.6 Å². The summed E-state index contributed by atoms with van der Waals surface area (Å²) in [5.74, 6) is -4.12. The van der Waals surface area contributed by atoms with Crippen molar-refractivity contribution in [1.29, 1.82) is 0 Å². The molecule has 4 rings (SSSR count). The zero-order valence-electron chi connectivity index (χ0n) is 18.5. The van der Waals surface area contributed by atoms with Gasteiger partial charge in [0, 0.05) is 37.8 Å². The topological polar surface area (TPSA) is 138 Å². The normalized spacial score (nSPS) is 18.0. The van der Waals surface area contributed by atoms with E-state index >= 15 is 0 Å². The number of alkyl halides is 2. The first-order chi connectivity index (χ1) is 16.3. The van der Waals surface area contributed by atoms with Crippen molar-refractivity contribution in [3.8, 4) is 0 Å². The van der Waals surface area contributed by atoms with Gasteiger partial charge in [-0.25, -0.2) is 23.7 Å². The van der Waals surface area contributed by atoms with Crippen molar-refractivity contribution in [2.45, 2.75) is 31.1 Å². The summed E-state index contributed by atoms with van der Waals surface area (Å²) in [7, 11) is 1.43. The van der Waals surface area contributed by atoms with Crippen LogP contribution in [0, 0.1) is 0 Å². The number of allylic oxidation sites excluding steroid dienone is 1. The summed E-state index contributed by atoms with van der Waals surface area (Å²) in [5, 5.41) is 5.63. The molecule has 4 N–H and O–H groups in total. The minimum Gasteiger partial charge on any atom is -0.393 e. The second-order valence-corrected chi connectivity index (χ2v) is 8.16. The van der Waals surface area contributed by atoms with Crippen LogP contribution in [-0.2, 0) is 4.79 Å². The summed E-state index contributed by atoms with van der Waals surface area (Å²) in [4.78, 5) is 43.1. The highest BCUT2D eigenvalue weighted by Gasteiger charge is 2.41. The highest BCUT2D eigenvalue weighted by molar-refractivity contribution is 6.05. The van der Waals surface area contributed by atoms with Crippen LogP contribution in [0.5, 0.6) is 0 Å². The molecule has 34 heavy (non-hydrogen) atoms. The molecule has 10 nitrogen and oxygen atoms in total. The molecule has 178 valence electrons. The molecule has 1 saturated heterocycles. The van der Waals surface area contributed by atoms with E-state index in [4.69, 9.17) is 5.73 Å². The van der Waals surface area contributed by atoms with Gasteiger partial charge in [-0.3, -0.25) is 14.6 Å². The fraction of sp³-hybridized carbons (Fsp3) is 0.364. The molecule has 1 aliphatic heterocycles. The lowest BCUT2D eigenvalue weighted by atomic mass is 10.2. The van der Waals surface area contributed by atoms with Gasteiger partial charge >= 0.3 is 0 Å². The number of nitrogens with zero attached hydrogens (tertiary/aromatic N) is 5. The smallest absolute Gasteiger partial charge is 0.276 e. The van der Waals surface area contributed by atoms with Gasteiger partial charge in [0.05, 0.1) is 36.0 Å². The fourth-order valence-electron chi connectivity index (χ4n) is 3.55. The zero-order chi connectivity index (χ0) is 24.3. The lowest BCUT2D eigenvalue weighted by Gasteiger charge is -2.18. The third-order valence-electron chi connectivity index (χ3n) is 5.45. The summed E-state index contributed by atoms with van der Waals surface area (Å²) in [6.07, 6.45) is 7.20. The third-order valence-corrected chi connectivity index (χ3v) is 5.45. The van der Waals surface area contributed by atoms with Crippen molar-refractivity contribution in [3.63, 3.8) is 0 Å². The van der Waals surface area contributed by atoms with Crippen molar-refractivity contribution >= 4 is 29.4 Å². The van der Waals surface area contributed by atoms with Crippen LogP contribution in [-0.4, -0.2) is 63.9 Å². The standard InChI is InChI=1S/C22H24F2N8O2/c1-26-10-17(18(25)21(34)32-7-6-22(23,24)11-32)31-20(33)19-16(29-14-8-27-12-28-9-14)5-4-15(30-19)13-2-3-13/h4-5,8-10,12-13,29H,2-3,6-7,11,25H2,1H3,(H,31,33). The lowest BCUT2D eigenvalue weighted by Crippen LogP contribution is -2.38. The lowest BCUT2D eigenvalue weighted by molar-refractivity contribution is -0.127. The monoisotopic (exact) mass is 470 g/mol. The van der Waals surface area contributed by atoms with Gasteiger partial charge in [-0.05, 0) is 25.0 Å². The summed E-state index contributed by atoms with van der Waals surface area (Å²) in [6, 6.07) is 3.58. The number of carbonyl (C=O) groups is 2. The molecule has 2 aliphatic rings. The first-order valence-electron chi connectivity index (χ1n) is 10.7. The largest absolute Gasteiger partial charge is 0.393 e. The Kier molecular flexibility index (Phi) is 6.48. The number of hydrogen-bond donors (Lipinski definition) is 3. The van der Waals surface area contributed by atoms with Crippen molar-refractivity contribution in [1.82, 2.24) is 25.2 Å². The molecule has 2 amide bonds. The van der Waals surface area contributed by atoms with Crippen molar-refractivity contribution in [2.24, 2.45) is 10.7 Å². The number of rotatable bonds is 7. The highest BCUT2D eigenvalue weighted by Crippen LogP contribution is 2.39. The van der Waals surface area contributed by atoms with Crippen LogP contribution >= 0.6 is 0 Å². The molecule has 0 aromatic carbocycles. The van der Waals surface area contributed by atoms with Gasteiger partial charge in [0.25, 0.3) is 17.7 Å². The fourth-order valence-corrected chi connectivity index (χ4v) is 3.55. The van der Waals surface area contributed by atoms with Crippen LogP contribution in [0.4, 0.5) is 20.2 Å². The highest BCUT2D eigenvalue weighted by atomic mass is 19.3. The average molecular weight is 470 g/mol. The summed E-state index contributed by atoms with van der Waals surface area (Å²) < 4.78 is 27.1. The van der Waals surface area contributed by atoms with Crippen molar-refractivity contribution in [2.75, 3.05) is 25.5 Å². The van der Waals surface area contributed by atoms with Gasteiger partial charge < -0.3 is 21.3 Å². The SMILES string of the molecule is CN=CC(NC(=O)c1nc(C2CC2)ccc1Nc1cncnc1)=C(N)C(=O)N1CCC(F)(F)C1. The number of halogens is 2. The van der Waals surface area contributed by atoms with E-state index in [0.29, 0.717) is 11.4 Å². The van der Waals surface area contributed by atoms with E-state index in [9.17, 15) is 18.4 Å². The molecule has 0 radical (unpaired) electrons. The second kappa shape index (κ2) is 9.49. The molecule has 3 heterocycles. The van der Waals surface area contributed by atoms with E-state index < -0.39 is 30.7 Å². The van der Waals surface area contributed by atoms with Crippen LogP contribution < -0.4 is 16.4 Å². The molecule has 2 aromatic rings. The number of aromatic nitrogens is 3. The predicted octanol–water partition coefficient (Wildman–Crippen LogP) is 1.96. The molecule has 1 saturated carbocycles. The average Bonchev–Trinajstić information content (AvgIpc) is 3.61. The Bertz CT molecular complexity index is 1150. The number of hydrogen-bond acceptors (Lipinski definition) is 8. The predicted molar refractivity (Wildman–Crippen MR) is 121 cm³/mol. The Balaban J connectivity index is 1.61. The van der Waals surface area contributed by atoms with Gasteiger partial charge in [0.1, 0.15) is 12.0 Å². The first-order valence-corrected chi connectivity index (χ1v) is 10.7. The Morgan fingerprint density at radius 1 is 1.26 bits per heavy atom. The number of pyridine rings is 1. The Morgan fingerprint density at radius 3 is 2.62 bits per heavy atom. The number of nitrogens with two attached hydrogens (primary N) is 1. The maximum atomic E-state index is 13.6. The molecule has 0 spiro atoms. The van der Waals surface area contributed by atoms with Gasteiger partial charge in [-0.2, -0.15) is 0 Å². The summed E-state index contributed by atoms with van der Waals surface area (Å²) in [5.41, 5.74) is 7.29. The molecule has 1 aliphatic carbocycles. The minimum atomic E-state index is -2.97. The molecule has 0 unspecified atom stereocenters. The molecule has 2 fully saturated rings. The van der Waals surface area contributed by atoms with E-state index in [1.165, 1.54) is 19.6 Å². The number of amides is 2. The first kappa shape index (κ1) is 23.2. The van der Waals surface area contributed by atoms with E-state index in [1.807, 2.05) is 6.07 Å². The zero-order valence-corrected chi connectivity index (χ0v) is 18.5. The van der Waals surface area contributed by atoms with Crippen LogP contribution in [0.3, 0.4) is 0 Å². The molecule has 0 bridgehead atoms. The van der Waals surface area contributed by atoms with Gasteiger partial charge in [-0.15, -0.1) is 0 Å². The van der Waals surface area contributed by atoms with Gasteiger partial charge in [-0.1, -0.05) is 0 Å². The number of aliphatic imine (C=N–C) groups is 1. The van der Waals surface area contributed by atoms with Crippen LogP contribution in [0.25, 0.3) is 0 Å². The van der Waals surface area contributed by atoms with Crippen LogP contribution in [0.15, 0.2) is 47.2 Å². The summed E-state index contributed by atoms with van der Waals surface area (Å²) >= 11 is 0. The van der Waals surface area contributed by atoms with E-state index in [1.54, 1.807) is 18.5 Å². The Morgan fingerprint density at radius 2 is 2.00 bits per heavy atom. The van der Waals surface area contributed by atoms with Crippen molar-refractivity contribution < 1.29 is 18.4 Å². The molecule has 2 aromatic heterocycles. The molecular weight excluding hydrogens is 446 g/mol. The van der Waals surface area contributed by atoms with Crippen LogP contribution in [0.1, 0.15) is 41.4 Å². The second-order valence-electron chi connectivity index (χ2n) is 8.16. The van der Waals surface area contributed by atoms with Gasteiger partial charge in [0.15, 0.2) is 5.69 Å². The van der Waals surface area contributed by atoms with Crippen molar-refractivity contribution in [3.05, 3.63) is 53.6 Å². The van der Waals surface area contributed by atoms with E-state index in [0.717, 1.165) is 23.4 Å². The maximum absolute atomic E-state index is 13.6. The number of likely N-dealkylation sites (tertiary alicyclic amines) is 1. The number of carbonyl (C=O) groups excluding carboxylic acids is 2. The summed E-state index contributed by atoms with van der Waals surface area (Å²) in [6.45, 7) is -0.857. The van der Waals surface area contributed by atoms with Gasteiger partial charge in [0.2, 0.25) is 0 Å². The molecular formula is C22H24F2N8O2. The third kappa shape index (κ3) is 5.33. The number of anilines is 2. The quantitative estimate of drug-likeness (QED) is 0.415. The minimum absolute atomic E-state index is 0.0724. The Hall–Kier alpha value is -3.96. The Labute approximate surface area is 194 Å². The van der Waals surface area contributed by atoms with Crippen LogP contribution in [0.2, 0.25) is 0 Å².